The average molecular weight is 857 g/mol. The highest BCUT2D eigenvalue weighted by molar-refractivity contribution is 5.97. The Hall–Kier alpha value is -7.03. The molecule has 6 rings (SSSR count). The van der Waals surface area contributed by atoms with Crippen molar-refractivity contribution in [1.82, 2.24) is 26.2 Å². The number of piperidine rings is 1. The van der Waals surface area contributed by atoms with Gasteiger partial charge in [-0.2, -0.15) is 0 Å². The highest BCUT2D eigenvalue weighted by atomic mass is 16.4. The van der Waals surface area contributed by atoms with E-state index in [9.17, 15) is 33.9 Å². The van der Waals surface area contributed by atoms with Gasteiger partial charge in [0.1, 0.15) is 24.2 Å². The third-order valence-corrected chi connectivity index (χ3v) is 11.7. The summed E-state index contributed by atoms with van der Waals surface area (Å²) in [4.78, 5) is 87.6. The maximum Gasteiger partial charge on any atom is 0.305 e. The van der Waals surface area contributed by atoms with Crippen LogP contribution in [0.2, 0.25) is 0 Å². The highest BCUT2D eigenvalue weighted by Crippen LogP contribution is 2.39. The molecule has 0 radical (unpaired) electrons. The Morgan fingerprint density at radius 2 is 1.33 bits per heavy atom. The van der Waals surface area contributed by atoms with Gasteiger partial charge in [0.15, 0.2) is 5.96 Å². The van der Waals surface area contributed by atoms with E-state index in [0.29, 0.717) is 25.7 Å². The number of aliphatic imine (C=N–C) groups is 1. The predicted molar refractivity (Wildman–Crippen MR) is 238 cm³/mol. The van der Waals surface area contributed by atoms with E-state index >= 15 is 0 Å². The molecule has 0 spiro atoms. The summed E-state index contributed by atoms with van der Waals surface area (Å²) in [7, 11) is 0. The minimum Gasteiger partial charge on any atom is -0.481 e. The monoisotopic (exact) mass is 856 g/mol. The zero-order valence-corrected chi connectivity index (χ0v) is 35.1. The number of fused-ring (bicyclic) bond motifs is 1. The van der Waals surface area contributed by atoms with Gasteiger partial charge in [0.25, 0.3) is 0 Å². The van der Waals surface area contributed by atoms with E-state index in [4.69, 9.17) is 11.5 Å². The number of nitrogens with one attached hydrogen (secondary N) is 4. The van der Waals surface area contributed by atoms with E-state index in [1.807, 2.05) is 121 Å². The zero-order valence-electron chi connectivity index (χ0n) is 35.1. The van der Waals surface area contributed by atoms with E-state index in [2.05, 4.69) is 26.3 Å². The molecule has 9 N–H and O–H groups in total. The molecule has 6 atom stereocenters. The Labute approximate surface area is 367 Å². The summed E-state index contributed by atoms with van der Waals surface area (Å²) in [5.74, 6) is -4.61. The lowest BCUT2D eigenvalue weighted by Gasteiger charge is -2.39. The fourth-order valence-electron chi connectivity index (χ4n) is 8.70. The van der Waals surface area contributed by atoms with Gasteiger partial charge >= 0.3 is 5.97 Å². The molecule has 2 saturated heterocycles. The molecule has 4 aromatic carbocycles. The topological polar surface area (TPSA) is 238 Å². The van der Waals surface area contributed by atoms with Crippen LogP contribution >= 0.6 is 0 Å². The lowest BCUT2D eigenvalue weighted by atomic mass is 9.86. The van der Waals surface area contributed by atoms with E-state index in [-0.39, 0.29) is 68.0 Å². The number of carboxylic acid groups (broad SMARTS) is 1. The number of carboxylic acids is 1. The quantitative estimate of drug-likeness (QED) is 0.0393. The number of guanidine groups is 1. The van der Waals surface area contributed by atoms with Crippen LogP contribution in [0.25, 0.3) is 0 Å². The lowest BCUT2D eigenvalue weighted by Crippen LogP contribution is -2.61. The zero-order chi connectivity index (χ0) is 44.7. The third-order valence-electron chi connectivity index (χ3n) is 11.7. The van der Waals surface area contributed by atoms with Gasteiger partial charge in [0, 0.05) is 25.0 Å². The highest BCUT2D eigenvalue weighted by Gasteiger charge is 2.51. The van der Waals surface area contributed by atoms with Gasteiger partial charge in [-0.05, 0) is 66.7 Å². The van der Waals surface area contributed by atoms with Crippen LogP contribution in [0.1, 0.15) is 66.7 Å². The molecule has 63 heavy (non-hydrogen) atoms. The lowest BCUT2D eigenvalue weighted by molar-refractivity contribution is -0.147. The number of rotatable bonds is 20. The molecule has 15 nitrogen and oxygen atoms in total. The molecule has 2 aliphatic rings. The molecular formula is C48H56N8O7. The number of hydrogen-bond donors (Lipinski definition) is 7. The maximum atomic E-state index is 14.5. The van der Waals surface area contributed by atoms with Crippen molar-refractivity contribution in [2.75, 3.05) is 13.1 Å². The molecule has 1 unspecified atom stereocenters. The average Bonchev–Trinajstić information content (AvgIpc) is 3.65. The van der Waals surface area contributed by atoms with Gasteiger partial charge < -0.3 is 42.7 Å². The third kappa shape index (κ3) is 12.8. The minimum absolute atomic E-state index is 0.0234. The molecule has 2 aliphatic heterocycles. The SMILES string of the molecule is NC(N)=NCCC[C@H](NC(=O)[C@@H]1C[C@@H](Cc2ccccc2)C2CC[C@@H](NC(=O)Cc3ccccc3)C(=O)N21)C(=O)N[C@@H](CC(=O)O)C(=O)NCC(c1ccccc1)c1ccccc1. The van der Waals surface area contributed by atoms with Crippen molar-refractivity contribution in [3.05, 3.63) is 144 Å². The second kappa shape index (κ2) is 22.2. The molecule has 0 aliphatic carbocycles. The first-order valence-electron chi connectivity index (χ1n) is 21.4. The minimum atomic E-state index is -1.49. The van der Waals surface area contributed by atoms with Crippen LogP contribution in [0.3, 0.4) is 0 Å². The molecular weight excluding hydrogens is 801 g/mol. The first-order valence-corrected chi connectivity index (χ1v) is 21.4. The Morgan fingerprint density at radius 3 is 1.92 bits per heavy atom. The smallest absolute Gasteiger partial charge is 0.305 e. The second-order valence-electron chi connectivity index (χ2n) is 16.2. The molecule has 15 heteroatoms. The van der Waals surface area contributed by atoms with Crippen LogP contribution in [-0.4, -0.2) is 94.8 Å². The van der Waals surface area contributed by atoms with E-state index < -0.39 is 54.3 Å². The van der Waals surface area contributed by atoms with Gasteiger partial charge in [-0.3, -0.25) is 33.8 Å². The van der Waals surface area contributed by atoms with Crippen LogP contribution in [-0.2, 0) is 41.6 Å². The van der Waals surface area contributed by atoms with Crippen molar-refractivity contribution >= 4 is 41.5 Å². The normalized spacial score (nSPS) is 18.9. The van der Waals surface area contributed by atoms with Crippen LogP contribution in [0.15, 0.2) is 126 Å². The van der Waals surface area contributed by atoms with Gasteiger partial charge in [-0.1, -0.05) is 121 Å². The summed E-state index contributed by atoms with van der Waals surface area (Å²) in [5.41, 5.74) is 14.8. The molecule has 330 valence electrons. The fourth-order valence-corrected chi connectivity index (χ4v) is 8.70. The summed E-state index contributed by atoms with van der Waals surface area (Å²) >= 11 is 0. The number of hydrogen-bond acceptors (Lipinski definition) is 7. The summed E-state index contributed by atoms with van der Waals surface area (Å²) in [6.07, 6.45) is 1.49. The molecule has 2 fully saturated rings. The number of amides is 5. The maximum absolute atomic E-state index is 14.5. The first-order chi connectivity index (χ1) is 30.5. The van der Waals surface area contributed by atoms with Gasteiger partial charge in [0.2, 0.25) is 29.5 Å². The van der Waals surface area contributed by atoms with Crippen LogP contribution in [0, 0.1) is 5.92 Å². The molecule has 0 saturated carbocycles. The number of nitrogens with two attached hydrogens (primary N) is 2. The van der Waals surface area contributed by atoms with Gasteiger partial charge in [-0.15, -0.1) is 0 Å². The number of carbonyl (C=O) groups excluding carboxylic acids is 5. The van der Waals surface area contributed by atoms with Crippen molar-refractivity contribution in [1.29, 1.82) is 0 Å². The molecule has 2 heterocycles. The van der Waals surface area contributed by atoms with E-state index in [0.717, 1.165) is 22.3 Å². The number of carbonyl (C=O) groups is 6. The van der Waals surface area contributed by atoms with E-state index in [1.165, 1.54) is 0 Å². The summed E-state index contributed by atoms with van der Waals surface area (Å²) in [5, 5.41) is 21.0. The molecule has 0 bridgehead atoms. The standard InChI is InChI=1S/C48H56N8O7/c49-48(50)51-25-13-22-37(45(61)55-39(29-43(58)59)44(60)52-30-36(33-18-9-3-10-19-33)34-20-11-4-12-21-34)54-46(62)41-28-35(26-31-14-5-1-6-15-31)40-24-23-38(47(63)56(40)41)53-42(57)27-32-16-7-2-8-17-32/h1-12,14-21,35-41H,13,22-30H2,(H,52,60)(H,53,57)(H,54,62)(H,55,61)(H,58,59)(H4,49,50,51)/t35-,37+,38-,39+,40?,41+/m1/s1. The number of benzene rings is 4. The first kappa shape index (κ1) is 45.5. The van der Waals surface area contributed by atoms with Crippen LogP contribution < -0.4 is 32.7 Å². The summed E-state index contributed by atoms with van der Waals surface area (Å²) in [6, 6.07) is 33.2. The summed E-state index contributed by atoms with van der Waals surface area (Å²) < 4.78 is 0. The largest absolute Gasteiger partial charge is 0.481 e. The van der Waals surface area contributed by atoms with Crippen molar-refractivity contribution < 1.29 is 33.9 Å². The predicted octanol–water partition coefficient (Wildman–Crippen LogP) is 2.78. The Morgan fingerprint density at radius 1 is 0.746 bits per heavy atom. The van der Waals surface area contributed by atoms with Crippen LogP contribution in [0.4, 0.5) is 0 Å². The fraction of sp³-hybridized carbons (Fsp3) is 0.354. The molecule has 0 aromatic heterocycles. The number of aliphatic carboxylic acids is 1. The van der Waals surface area contributed by atoms with E-state index in [1.54, 1.807) is 4.90 Å². The number of nitrogens with zero attached hydrogens (tertiary/aromatic N) is 2. The Bertz CT molecular complexity index is 2170. The van der Waals surface area contributed by atoms with Crippen molar-refractivity contribution in [3.8, 4) is 0 Å². The Balaban J connectivity index is 1.20. The Kier molecular flexibility index (Phi) is 16.0. The van der Waals surface area contributed by atoms with Crippen molar-refractivity contribution in [2.24, 2.45) is 22.4 Å². The van der Waals surface area contributed by atoms with Crippen LogP contribution in [0.5, 0.6) is 0 Å². The van der Waals surface area contributed by atoms with Gasteiger partial charge in [0.05, 0.1) is 12.8 Å². The molecule has 4 aromatic rings. The second-order valence-corrected chi connectivity index (χ2v) is 16.2. The van der Waals surface area contributed by atoms with Crippen molar-refractivity contribution in [3.63, 3.8) is 0 Å². The summed E-state index contributed by atoms with van der Waals surface area (Å²) in [6.45, 7) is 0.239. The van der Waals surface area contributed by atoms with Gasteiger partial charge in [-0.25, -0.2) is 0 Å². The molecule has 5 amide bonds. The van der Waals surface area contributed by atoms with Crippen molar-refractivity contribution in [2.45, 2.75) is 87.5 Å².